The first-order valence-corrected chi connectivity index (χ1v) is 8.39. The maximum Gasteiger partial charge on any atom is 0.319 e. The number of carbonyl (C=O) groups excluding carboxylic acids is 1. The molecule has 0 radical (unpaired) electrons. The number of urea groups is 1. The Bertz CT molecular complexity index is 604. The second-order valence-corrected chi connectivity index (χ2v) is 6.22. The van der Waals surface area contributed by atoms with Crippen molar-refractivity contribution < 1.29 is 14.3 Å². The topological polar surface area (TPSA) is 59.6 Å². The Morgan fingerprint density at radius 1 is 1.22 bits per heavy atom. The molecule has 2 amide bonds. The number of rotatable bonds is 3. The van der Waals surface area contributed by atoms with Crippen molar-refractivity contribution in [2.45, 2.75) is 25.7 Å². The maximum absolute atomic E-state index is 12.1. The van der Waals surface area contributed by atoms with Gasteiger partial charge in [0.25, 0.3) is 0 Å². The molecule has 1 unspecified atom stereocenters. The molecule has 0 saturated heterocycles. The van der Waals surface area contributed by atoms with Crippen molar-refractivity contribution in [3.63, 3.8) is 0 Å². The first kappa shape index (κ1) is 16.0. The van der Waals surface area contributed by atoms with Gasteiger partial charge >= 0.3 is 6.03 Å². The fourth-order valence-corrected chi connectivity index (χ4v) is 2.93. The minimum atomic E-state index is -0.254. The van der Waals surface area contributed by atoms with Crippen molar-refractivity contribution >= 4 is 23.3 Å². The molecule has 1 aromatic rings. The molecule has 0 aromatic heterocycles. The van der Waals surface area contributed by atoms with Crippen LogP contribution in [0, 0.1) is 5.92 Å². The van der Waals surface area contributed by atoms with Gasteiger partial charge < -0.3 is 20.1 Å². The highest BCUT2D eigenvalue weighted by molar-refractivity contribution is 6.34. The summed E-state index contributed by atoms with van der Waals surface area (Å²) in [6.07, 6.45) is 8.41. The van der Waals surface area contributed by atoms with Crippen LogP contribution in [0.2, 0.25) is 5.02 Å². The minimum Gasteiger partial charge on any atom is -0.490 e. The average molecular weight is 337 g/mol. The third kappa shape index (κ3) is 4.32. The molecule has 23 heavy (non-hydrogen) atoms. The molecule has 1 aromatic carbocycles. The Morgan fingerprint density at radius 2 is 2.00 bits per heavy atom. The van der Waals surface area contributed by atoms with Crippen LogP contribution in [0.5, 0.6) is 11.5 Å². The summed E-state index contributed by atoms with van der Waals surface area (Å²) in [6.45, 7) is 1.86. The van der Waals surface area contributed by atoms with E-state index in [2.05, 4.69) is 22.8 Å². The fraction of sp³-hybridized carbons (Fsp3) is 0.471. The van der Waals surface area contributed by atoms with Crippen molar-refractivity contribution in [1.29, 1.82) is 0 Å². The van der Waals surface area contributed by atoms with Gasteiger partial charge in [0.15, 0.2) is 11.5 Å². The smallest absolute Gasteiger partial charge is 0.319 e. The number of fused-ring (bicyclic) bond motifs is 1. The summed E-state index contributed by atoms with van der Waals surface area (Å²) in [7, 11) is 0. The third-order valence-corrected chi connectivity index (χ3v) is 4.33. The molecule has 1 heterocycles. The zero-order valence-electron chi connectivity index (χ0n) is 12.9. The highest BCUT2D eigenvalue weighted by Crippen LogP contribution is 2.37. The van der Waals surface area contributed by atoms with E-state index in [4.69, 9.17) is 21.1 Å². The van der Waals surface area contributed by atoms with Gasteiger partial charge in [-0.2, -0.15) is 0 Å². The van der Waals surface area contributed by atoms with Crippen LogP contribution in [0.15, 0.2) is 24.3 Å². The van der Waals surface area contributed by atoms with Gasteiger partial charge in [-0.25, -0.2) is 4.79 Å². The number of allylic oxidation sites excluding steroid dienone is 2. The highest BCUT2D eigenvalue weighted by atomic mass is 35.5. The largest absolute Gasteiger partial charge is 0.490 e. The molecule has 3 rings (SSSR count). The van der Waals surface area contributed by atoms with E-state index in [0.29, 0.717) is 47.9 Å². The molecule has 0 saturated carbocycles. The van der Waals surface area contributed by atoms with Gasteiger partial charge in [0, 0.05) is 25.1 Å². The molecular formula is C17H21ClN2O3. The Morgan fingerprint density at radius 3 is 2.74 bits per heavy atom. The van der Waals surface area contributed by atoms with Crippen LogP contribution in [0.25, 0.3) is 0 Å². The lowest BCUT2D eigenvalue weighted by Gasteiger charge is -2.18. The molecule has 1 atom stereocenters. The van der Waals surface area contributed by atoms with Crippen molar-refractivity contribution in [3.8, 4) is 11.5 Å². The summed E-state index contributed by atoms with van der Waals surface area (Å²) in [5.41, 5.74) is 0.525. The number of carbonyl (C=O) groups is 1. The van der Waals surface area contributed by atoms with E-state index in [1.807, 2.05) is 0 Å². The molecule has 124 valence electrons. The summed E-state index contributed by atoms with van der Waals surface area (Å²) in [5, 5.41) is 6.13. The fourth-order valence-electron chi connectivity index (χ4n) is 2.72. The molecule has 0 bridgehead atoms. The van der Waals surface area contributed by atoms with E-state index < -0.39 is 0 Å². The van der Waals surface area contributed by atoms with E-state index in [0.717, 1.165) is 25.7 Å². The predicted octanol–water partition coefficient (Wildman–Crippen LogP) is 3.98. The number of hydrogen-bond donors (Lipinski definition) is 2. The van der Waals surface area contributed by atoms with Crippen LogP contribution >= 0.6 is 11.6 Å². The summed E-state index contributed by atoms with van der Waals surface area (Å²) < 4.78 is 11.2. The molecule has 5 nitrogen and oxygen atoms in total. The van der Waals surface area contributed by atoms with Crippen LogP contribution in [-0.4, -0.2) is 25.8 Å². The second-order valence-electron chi connectivity index (χ2n) is 5.81. The average Bonchev–Trinajstić information content (AvgIpc) is 2.79. The molecule has 1 aliphatic heterocycles. The molecule has 0 spiro atoms. The van der Waals surface area contributed by atoms with Gasteiger partial charge in [-0.15, -0.1) is 0 Å². The van der Waals surface area contributed by atoms with E-state index in [-0.39, 0.29) is 6.03 Å². The Kier molecular flexibility index (Phi) is 5.28. The first-order chi connectivity index (χ1) is 11.2. The van der Waals surface area contributed by atoms with Gasteiger partial charge in [0.05, 0.1) is 23.9 Å². The van der Waals surface area contributed by atoms with E-state index in [9.17, 15) is 4.79 Å². The zero-order valence-corrected chi connectivity index (χ0v) is 13.7. The number of amides is 2. The quantitative estimate of drug-likeness (QED) is 0.821. The summed E-state index contributed by atoms with van der Waals surface area (Å²) in [5.74, 6) is 1.73. The number of benzene rings is 1. The second kappa shape index (κ2) is 7.59. The lowest BCUT2D eigenvalue weighted by Crippen LogP contribution is -2.33. The van der Waals surface area contributed by atoms with E-state index in [1.165, 1.54) is 0 Å². The van der Waals surface area contributed by atoms with Crippen LogP contribution in [0.3, 0.4) is 0 Å². The zero-order chi connectivity index (χ0) is 16.1. The number of hydrogen-bond acceptors (Lipinski definition) is 3. The molecule has 6 heteroatoms. The third-order valence-electron chi connectivity index (χ3n) is 4.01. The minimum absolute atomic E-state index is 0.254. The van der Waals surface area contributed by atoms with Crippen LogP contribution < -0.4 is 20.1 Å². The van der Waals surface area contributed by atoms with Crippen molar-refractivity contribution in [1.82, 2.24) is 5.32 Å². The molecule has 2 aliphatic rings. The Hall–Kier alpha value is -1.88. The molecule has 2 N–H and O–H groups in total. The van der Waals surface area contributed by atoms with Crippen LogP contribution in [0.1, 0.15) is 25.7 Å². The lowest BCUT2D eigenvalue weighted by molar-refractivity contribution is 0.249. The summed E-state index contributed by atoms with van der Waals surface area (Å²) >= 11 is 6.22. The monoisotopic (exact) mass is 336 g/mol. The Balaban J connectivity index is 1.59. The number of halogens is 1. The number of nitrogens with one attached hydrogen (secondary N) is 2. The Labute approximate surface area is 141 Å². The highest BCUT2D eigenvalue weighted by Gasteiger charge is 2.16. The number of ether oxygens (including phenoxy) is 2. The van der Waals surface area contributed by atoms with Gasteiger partial charge in [-0.1, -0.05) is 23.8 Å². The van der Waals surface area contributed by atoms with Gasteiger partial charge in [0.1, 0.15) is 0 Å². The van der Waals surface area contributed by atoms with Crippen molar-refractivity contribution in [3.05, 3.63) is 29.3 Å². The van der Waals surface area contributed by atoms with E-state index >= 15 is 0 Å². The van der Waals surface area contributed by atoms with E-state index in [1.54, 1.807) is 12.1 Å². The molecular weight excluding hydrogens is 316 g/mol. The van der Waals surface area contributed by atoms with Gasteiger partial charge in [-0.05, 0) is 25.2 Å². The first-order valence-electron chi connectivity index (χ1n) is 8.01. The summed E-state index contributed by atoms with van der Waals surface area (Å²) in [6, 6.07) is 3.14. The normalized spacial score (nSPS) is 19.8. The van der Waals surface area contributed by atoms with Gasteiger partial charge in [-0.3, -0.25) is 0 Å². The van der Waals surface area contributed by atoms with Gasteiger partial charge in [0.2, 0.25) is 0 Å². The molecule has 1 aliphatic carbocycles. The lowest BCUT2D eigenvalue weighted by atomic mass is 9.94. The van der Waals surface area contributed by atoms with Crippen LogP contribution in [-0.2, 0) is 0 Å². The maximum atomic E-state index is 12.1. The number of anilines is 1. The summed E-state index contributed by atoms with van der Waals surface area (Å²) in [4.78, 5) is 12.1. The van der Waals surface area contributed by atoms with Crippen molar-refractivity contribution in [2.75, 3.05) is 25.1 Å². The predicted molar refractivity (Wildman–Crippen MR) is 90.6 cm³/mol. The molecule has 0 fully saturated rings. The standard InChI is InChI=1S/C17H21ClN2O3/c18-13-9-15-16(23-8-4-7-22-15)10-14(13)20-17(21)19-11-12-5-2-1-3-6-12/h1-2,9-10,12H,3-8,11H2,(H2,19,20,21). The SMILES string of the molecule is O=C(NCC1CC=CCC1)Nc1cc2c(cc1Cl)OCCCO2. The van der Waals surface area contributed by atoms with Crippen LogP contribution in [0.4, 0.5) is 10.5 Å². The van der Waals surface area contributed by atoms with Crippen molar-refractivity contribution in [2.24, 2.45) is 5.92 Å².